The van der Waals surface area contributed by atoms with Gasteiger partial charge in [-0.15, -0.1) is 0 Å². The summed E-state index contributed by atoms with van der Waals surface area (Å²) in [6, 6.07) is 12.3. The van der Waals surface area contributed by atoms with Crippen molar-refractivity contribution in [2.24, 2.45) is 7.05 Å². The van der Waals surface area contributed by atoms with Crippen LogP contribution >= 0.6 is 15.9 Å². The van der Waals surface area contributed by atoms with E-state index in [0.717, 1.165) is 33.4 Å². The predicted molar refractivity (Wildman–Crippen MR) is 88.2 cm³/mol. The second-order valence-corrected chi connectivity index (χ2v) is 5.85. The number of aryl methyl sites for hydroxylation is 1. The van der Waals surface area contributed by atoms with Gasteiger partial charge in [-0.1, -0.05) is 12.1 Å². The molecule has 0 spiro atoms. The molecule has 0 amide bonds. The van der Waals surface area contributed by atoms with Gasteiger partial charge in [-0.25, -0.2) is 4.98 Å². The maximum atomic E-state index is 4.74. The Balaban J connectivity index is 1.96. The standard InChI is InChI=1S/C16H17BrN4/c1-18-13(16-11(17)6-5-9-19-16)10-15-20-12-7-3-4-8-14(12)21(15)2/h3-9,13,18H,10H2,1-2H3. The molecular formula is C16H17BrN4. The molecule has 0 bridgehead atoms. The lowest BCUT2D eigenvalue weighted by atomic mass is 10.1. The molecule has 0 saturated heterocycles. The van der Waals surface area contributed by atoms with E-state index in [4.69, 9.17) is 4.98 Å². The molecule has 5 heteroatoms. The quantitative estimate of drug-likeness (QED) is 0.790. The monoisotopic (exact) mass is 344 g/mol. The first-order chi connectivity index (χ1) is 10.2. The van der Waals surface area contributed by atoms with Crippen LogP contribution < -0.4 is 5.32 Å². The number of nitrogens with one attached hydrogen (secondary N) is 1. The molecule has 108 valence electrons. The minimum absolute atomic E-state index is 0.121. The van der Waals surface area contributed by atoms with Crippen molar-refractivity contribution >= 4 is 27.0 Å². The van der Waals surface area contributed by atoms with Crippen LogP contribution in [-0.2, 0) is 13.5 Å². The second-order valence-electron chi connectivity index (χ2n) is 4.99. The summed E-state index contributed by atoms with van der Waals surface area (Å²) >= 11 is 3.57. The van der Waals surface area contributed by atoms with Gasteiger partial charge in [0, 0.05) is 24.1 Å². The van der Waals surface area contributed by atoms with Gasteiger partial charge in [-0.2, -0.15) is 0 Å². The van der Waals surface area contributed by atoms with E-state index < -0.39 is 0 Å². The van der Waals surface area contributed by atoms with Gasteiger partial charge in [0.05, 0.1) is 22.8 Å². The van der Waals surface area contributed by atoms with Crippen LogP contribution in [0.1, 0.15) is 17.6 Å². The Morgan fingerprint density at radius 2 is 2.05 bits per heavy atom. The molecule has 0 aliphatic carbocycles. The highest BCUT2D eigenvalue weighted by Gasteiger charge is 2.18. The van der Waals surface area contributed by atoms with Gasteiger partial charge in [-0.05, 0) is 47.2 Å². The molecule has 2 aromatic heterocycles. The van der Waals surface area contributed by atoms with E-state index in [2.05, 4.69) is 43.9 Å². The van der Waals surface area contributed by atoms with E-state index in [9.17, 15) is 0 Å². The first-order valence-corrected chi connectivity index (χ1v) is 7.68. The van der Waals surface area contributed by atoms with Crippen LogP contribution in [0.3, 0.4) is 0 Å². The molecule has 0 radical (unpaired) electrons. The topological polar surface area (TPSA) is 42.7 Å². The third-order valence-electron chi connectivity index (χ3n) is 3.73. The van der Waals surface area contributed by atoms with Gasteiger partial charge < -0.3 is 9.88 Å². The van der Waals surface area contributed by atoms with Crippen LogP contribution in [0.25, 0.3) is 11.0 Å². The molecule has 1 aromatic carbocycles. The Kier molecular flexibility index (Phi) is 4.03. The molecular weight excluding hydrogens is 328 g/mol. The molecule has 3 aromatic rings. The van der Waals surface area contributed by atoms with Crippen molar-refractivity contribution in [2.45, 2.75) is 12.5 Å². The molecule has 0 saturated carbocycles. The van der Waals surface area contributed by atoms with Crippen molar-refractivity contribution in [3.05, 3.63) is 58.6 Å². The molecule has 0 fully saturated rings. The minimum Gasteiger partial charge on any atom is -0.331 e. The molecule has 21 heavy (non-hydrogen) atoms. The van der Waals surface area contributed by atoms with E-state index in [1.807, 2.05) is 43.6 Å². The fraction of sp³-hybridized carbons (Fsp3) is 0.250. The van der Waals surface area contributed by atoms with Crippen LogP contribution in [-0.4, -0.2) is 21.6 Å². The zero-order valence-electron chi connectivity index (χ0n) is 12.0. The number of imidazole rings is 1. The van der Waals surface area contributed by atoms with Crippen LogP contribution in [0.2, 0.25) is 0 Å². The Labute approximate surface area is 132 Å². The third kappa shape index (κ3) is 2.71. The number of hydrogen-bond acceptors (Lipinski definition) is 3. The number of aromatic nitrogens is 3. The molecule has 3 rings (SSSR count). The highest BCUT2D eigenvalue weighted by atomic mass is 79.9. The van der Waals surface area contributed by atoms with Crippen LogP contribution in [0, 0.1) is 0 Å². The van der Waals surface area contributed by atoms with Crippen molar-refractivity contribution in [3.63, 3.8) is 0 Å². The number of hydrogen-bond donors (Lipinski definition) is 1. The summed E-state index contributed by atoms with van der Waals surface area (Å²) in [6.07, 6.45) is 2.61. The minimum atomic E-state index is 0.121. The molecule has 0 aliphatic rings. The Hall–Kier alpha value is -1.72. The number of fused-ring (bicyclic) bond motifs is 1. The maximum Gasteiger partial charge on any atom is 0.111 e. The first-order valence-electron chi connectivity index (χ1n) is 6.88. The predicted octanol–water partition coefficient (Wildman–Crippen LogP) is 3.23. The Morgan fingerprint density at radius 1 is 1.24 bits per heavy atom. The molecule has 0 aliphatic heterocycles. The summed E-state index contributed by atoms with van der Waals surface area (Å²) in [5.41, 5.74) is 3.19. The highest BCUT2D eigenvalue weighted by molar-refractivity contribution is 9.10. The first kappa shape index (κ1) is 14.2. The maximum absolute atomic E-state index is 4.74. The average molecular weight is 345 g/mol. The highest BCUT2D eigenvalue weighted by Crippen LogP contribution is 2.24. The zero-order valence-corrected chi connectivity index (χ0v) is 13.6. The lowest BCUT2D eigenvalue weighted by molar-refractivity contribution is 0.550. The lowest BCUT2D eigenvalue weighted by Gasteiger charge is -2.16. The van der Waals surface area contributed by atoms with Crippen molar-refractivity contribution in [3.8, 4) is 0 Å². The zero-order chi connectivity index (χ0) is 14.8. The van der Waals surface area contributed by atoms with Gasteiger partial charge in [0.1, 0.15) is 5.82 Å². The third-order valence-corrected chi connectivity index (χ3v) is 4.40. The van der Waals surface area contributed by atoms with E-state index in [-0.39, 0.29) is 6.04 Å². The SMILES string of the molecule is CNC(Cc1nc2ccccc2n1C)c1ncccc1Br. The van der Waals surface area contributed by atoms with Crippen LogP contribution in [0.5, 0.6) is 0 Å². The van der Waals surface area contributed by atoms with Crippen molar-refractivity contribution in [1.82, 2.24) is 19.9 Å². The number of likely N-dealkylation sites (N-methyl/N-ethyl adjacent to an activating group) is 1. The Bertz CT molecular complexity index is 766. The number of pyridine rings is 1. The lowest BCUT2D eigenvalue weighted by Crippen LogP contribution is -2.22. The molecule has 2 heterocycles. The van der Waals surface area contributed by atoms with Crippen molar-refractivity contribution < 1.29 is 0 Å². The molecule has 1 unspecified atom stereocenters. The molecule has 1 atom stereocenters. The second kappa shape index (κ2) is 5.95. The van der Waals surface area contributed by atoms with Crippen molar-refractivity contribution in [1.29, 1.82) is 0 Å². The van der Waals surface area contributed by atoms with E-state index in [0.29, 0.717) is 0 Å². The number of benzene rings is 1. The largest absolute Gasteiger partial charge is 0.331 e. The van der Waals surface area contributed by atoms with Gasteiger partial charge in [0.15, 0.2) is 0 Å². The van der Waals surface area contributed by atoms with Gasteiger partial charge in [0.2, 0.25) is 0 Å². The summed E-state index contributed by atoms with van der Waals surface area (Å²) in [5, 5.41) is 3.33. The van der Waals surface area contributed by atoms with Gasteiger partial charge in [-0.3, -0.25) is 4.98 Å². The normalized spacial score (nSPS) is 12.7. The molecule has 1 N–H and O–H groups in total. The summed E-state index contributed by atoms with van der Waals surface area (Å²) in [6.45, 7) is 0. The van der Waals surface area contributed by atoms with Gasteiger partial charge in [0.25, 0.3) is 0 Å². The summed E-state index contributed by atoms with van der Waals surface area (Å²) in [7, 11) is 4.01. The van der Waals surface area contributed by atoms with Crippen molar-refractivity contribution in [2.75, 3.05) is 7.05 Å². The number of nitrogens with zero attached hydrogens (tertiary/aromatic N) is 3. The number of rotatable bonds is 4. The van der Waals surface area contributed by atoms with Crippen LogP contribution in [0.15, 0.2) is 47.1 Å². The smallest absolute Gasteiger partial charge is 0.111 e. The fourth-order valence-electron chi connectivity index (χ4n) is 2.55. The average Bonchev–Trinajstić information content (AvgIpc) is 2.82. The summed E-state index contributed by atoms with van der Waals surface area (Å²) < 4.78 is 3.17. The summed E-state index contributed by atoms with van der Waals surface area (Å²) in [5.74, 6) is 1.05. The van der Waals surface area contributed by atoms with Gasteiger partial charge >= 0.3 is 0 Å². The summed E-state index contributed by atoms with van der Waals surface area (Å²) in [4.78, 5) is 9.22. The van der Waals surface area contributed by atoms with E-state index in [1.165, 1.54) is 0 Å². The number of para-hydroxylation sites is 2. The number of halogens is 1. The van der Waals surface area contributed by atoms with E-state index >= 15 is 0 Å². The van der Waals surface area contributed by atoms with E-state index in [1.54, 1.807) is 0 Å². The Morgan fingerprint density at radius 3 is 2.76 bits per heavy atom. The van der Waals surface area contributed by atoms with Crippen LogP contribution in [0.4, 0.5) is 0 Å². The molecule has 4 nitrogen and oxygen atoms in total. The fourth-order valence-corrected chi connectivity index (χ4v) is 3.08.